The van der Waals surface area contributed by atoms with Gasteiger partial charge in [0.1, 0.15) is 11.5 Å². The lowest BCUT2D eigenvalue weighted by molar-refractivity contribution is -0.384. The van der Waals surface area contributed by atoms with E-state index in [1.807, 2.05) is 6.07 Å². The standard InChI is InChI=1S/C20H11N3O3/c21-12-15-4-1-2-7-19(15)20-9-8-18(26-20)11-16(13-22)14-5-3-6-17(10-14)23(24)25/h1-11H/b16-11-. The Hall–Kier alpha value is -4.16. The quantitative estimate of drug-likeness (QED) is 0.385. The average Bonchev–Trinajstić information content (AvgIpc) is 3.14. The Morgan fingerprint density at radius 1 is 1.08 bits per heavy atom. The van der Waals surface area contributed by atoms with Gasteiger partial charge in [0, 0.05) is 17.7 Å². The molecule has 2 aromatic carbocycles. The van der Waals surface area contributed by atoms with Gasteiger partial charge in [-0.15, -0.1) is 0 Å². The van der Waals surface area contributed by atoms with Crippen molar-refractivity contribution in [3.05, 3.63) is 87.7 Å². The number of hydrogen-bond acceptors (Lipinski definition) is 5. The fourth-order valence-electron chi connectivity index (χ4n) is 2.48. The summed E-state index contributed by atoms with van der Waals surface area (Å²) in [5.74, 6) is 0.917. The summed E-state index contributed by atoms with van der Waals surface area (Å²) in [6.07, 6.45) is 1.51. The van der Waals surface area contributed by atoms with Crippen molar-refractivity contribution in [1.82, 2.24) is 0 Å². The predicted octanol–water partition coefficient (Wildman–Crippen LogP) is 4.79. The van der Waals surface area contributed by atoms with Gasteiger partial charge >= 0.3 is 0 Å². The topological polar surface area (TPSA) is 104 Å². The molecule has 0 amide bonds. The second-order valence-electron chi connectivity index (χ2n) is 5.34. The first-order chi connectivity index (χ1) is 12.6. The van der Waals surface area contributed by atoms with Crippen LogP contribution in [0.25, 0.3) is 23.0 Å². The van der Waals surface area contributed by atoms with E-state index in [9.17, 15) is 20.6 Å². The van der Waals surface area contributed by atoms with Crippen LogP contribution in [0.4, 0.5) is 5.69 Å². The Kier molecular flexibility index (Phi) is 4.60. The number of non-ortho nitro benzene ring substituents is 1. The number of hydrogen-bond donors (Lipinski definition) is 0. The fraction of sp³-hybridized carbons (Fsp3) is 0. The predicted molar refractivity (Wildman–Crippen MR) is 95.4 cm³/mol. The Morgan fingerprint density at radius 3 is 2.62 bits per heavy atom. The van der Waals surface area contributed by atoms with Crippen LogP contribution in [0.3, 0.4) is 0 Å². The first-order valence-electron chi connectivity index (χ1n) is 7.58. The van der Waals surface area contributed by atoms with Crippen LogP contribution in [0.15, 0.2) is 65.1 Å². The van der Waals surface area contributed by atoms with Gasteiger partial charge in [-0.05, 0) is 35.9 Å². The molecule has 0 spiro atoms. The van der Waals surface area contributed by atoms with Gasteiger partial charge in [0.15, 0.2) is 0 Å². The lowest BCUT2D eigenvalue weighted by Gasteiger charge is -2.00. The Morgan fingerprint density at radius 2 is 1.88 bits per heavy atom. The van der Waals surface area contributed by atoms with Crippen LogP contribution in [0, 0.1) is 32.8 Å². The van der Waals surface area contributed by atoms with Gasteiger partial charge < -0.3 is 4.42 Å². The molecular formula is C20H11N3O3. The fourth-order valence-corrected chi connectivity index (χ4v) is 2.48. The van der Waals surface area contributed by atoms with E-state index in [2.05, 4.69) is 6.07 Å². The van der Waals surface area contributed by atoms with E-state index < -0.39 is 4.92 Å². The lowest BCUT2D eigenvalue weighted by Crippen LogP contribution is -1.89. The number of furan rings is 1. The summed E-state index contributed by atoms with van der Waals surface area (Å²) in [6.45, 7) is 0. The van der Waals surface area contributed by atoms with Crippen LogP contribution >= 0.6 is 0 Å². The number of nitro groups is 1. The smallest absolute Gasteiger partial charge is 0.270 e. The number of nitrogens with zero attached hydrogens (tertiary/aromatic N) is 3. The highest BCUT2D eigenvalue weighted by Gasteiger charge is 2.11. The monoisotopic (exact) mass is 341 g/mol. The molecular weight excluding hydrogens is 330 g/mol. The van der Waals surface area contributed by atoms with Crippen LogP contribution in [-0.4, -0.2) is 4.92 Å². The zero-order chi connectivity index (χ0) is 18.5. The van der Waals surface area contributed by atoms with Crippen molar-refractivity contribution in [3.8, 4) is 23.5 Å². The maximum absolute atomic E-state index is 10.9. The molecule has 0 aliphatic carbocycles. The third-order valence-electron chi connectivity index (χ3n) is 3.71. The zero-order valence-corrected chi connectivity index (χ0v) is 13.4. The van der Waals surface area contributed by atoms with Crippen molar-refractivity contribution in [2.24, 2.45) is 0 Å². The summed E-state index contributed by atoms with van der Waals surface area (Å²) in [6, 6.07) is 20.4. The van der Waals surface area contributed by atoms with Gasteiger partial charge in [0.05, 0.1) is 28.2 Å². The maximum Gasteiger partial charge on any atom is 0.270 e. The van der Waals surface area contributed by atoms with Crippen LogP contribution in [-0.2, 0) is 0 Å². The van der Waals surface area contributed by atoms with Gasteiger partial charge in [-0.2, -0.15) is 10.5 Å². The van der Waals surface area contributed by atoms with Gasteiger partial charge in [-0.1, -0.05) is 24.3 Å². The molecule has 0 atom stereocenters. The van der Waals surface area contributed by atoms with Crippen molar-refractivity contribution >= 4 is 17.3 Å². The molecule has 1 heterocycles. The van der Waals surface area contributed by atoms with E-state index in [1.165, 1.54) is 24.3 Å². The number of allylic oxidation sites excluding steroid dienone is 1. The molecule has 0 aliphatic rings. The number of nitriles is 2. The van der Waals surface area contributed by atoms with Crippen LogP contribution < -0.4 is 0 Å². The van der Waals surface area contributed by atoms with Crippen molar-refractivity contribution < 1.29 is 9.34 Å². The SMILES string of the molecule is N#C/C(=C/c1ccc(-c2ccccc2C#N)o1)c1cccc([N+](=O)[O-])c1. The molecule has 3 aromatic rings. The molecule has 0 bridgehead atoms. The first kappa shape index (κ1) is 16.7. The average molecular weight is 341 g/mol. The van der Waals surface area contributed by atoms with Crippen LogP contribution in [0.5, 0.6) is 0 Å². The van der Waals surface area contributed by atoms with E-state index in [0.29, 0.717) is 28.2 Å². The Labute approximate surface area is 149 Å². The molecule has 0 unspecified atom stereocenters. The Bertz CT molecular complexity index is 1100. The molecule has 0 radical (unpaired) electrons. The highest BCUT2D eigenvalue weighted by Crippen LogP contribution is 2.28. The van der Waals surface area contributed by atoms with E-state index in [4.69, 9.17) is 4.42 Å². The van der Waals surface area contributed by atoms with Crippen molar-refractivity contribution in [1.29, 1.82) is 10.5 Å². The molecule has 0 fully saturated rings. The highest BCUT2D eigenvalue weighted by molar-refractivity contribution is 5.89. The first-order valence-corrected chi connectivity index (χ1v) is 7.58. The van der Waals surface area contributed by atoms with Gasteiger partial charge in [-0.3, -0.25) is 10.1 Å². The van der Waals surface area contributed by atoms with E-state index in [-0.39, 0.29) is 11.3 Å². The molecule has 0 saturated heterocycles. The number of rotatable bonds is 4. The molecule has 1 aromatic heterocycles. The second-order valence-corrected chi connectivity index (χ2v) is 5.34. The minimum absolute atomic E-state index is 0.0910. The zero-order valence-electron chi connectivity index (χ0n) is 13.4. The van der Waals surface area contributed by atoms with Crippen LogP contribution in [0.2, 0.25) is 0 Å². The minimum Gasteiger partial charge on any atom is -0.457 e. The molecule has 0 saturated carbocycles. The van der Waals surface area contributed by atoms with Crippen LogP contribution in [0.1, 0.15) is 16.9 Å². The minimum atomic E-state index is -0.512. The van der Waals surface area contributed by atoms with E-state index in [0.717, 1.165) is 0 Å². The van der Waals surface area contributed by atoms with Gasteiger partial charge in [0.25, 0.3) is 5.69 Å². The molecule has 124 valence electrons. The third kappa shape index (κ3) is 3.35. The summed E-state index contributed by atoms with van der Waals surface area (Å²) in [5.41, 5.74) is 1.71. The summed E-state index contributed by atoms with van der Waals surface area (Å²) in [5, 5.41) is 29.5. The molecule has 0 N–H and O–H groups in total. The van der Waals surface area contributed by atoms with Crippen molar-refractivity contribution in [3.63, 3.8) is 0 Å². The van der Waals surface area contributed by atoms with Crippen molar-refractivity contribution in [2.75, 3.05) is 0 Å². The molecule has 3 rings (SSSR count). The molecule has 6 heteroatoms. The summed E-state index contributed by atoms with van der Waals surface area (Å²) in [4.78, 5) is 10.4. The molecule has 6 nitrogen and oxygen atoms in total. The van der Waals surface area contributed by atoms with Crippen molar-refractivity contribution in [2.45, 2.75) is 0 Å². The molecule has 0 aliphatic heterocycles. The van der Waals surface area contributed by atoms with E-state index >= 15 is 0 Å². The third-order valence-corrected chi connectivity index (χ3v) is 3.71. The van der Waals surface area contributed by atoms with Gasteiger partial charge in [-0.25, -0.2) is 0 Å². The summed E-state index contributed by atoms with van der Waals surface area (Å²) < 4.78 is 5.73. The maximum atomic E-state index is 10.9. The summed E-state index contributed by atoms with van der Waals surface area (Å²) >= 11 is 0. The Balaban J connectivity index is 1.98. The number of nitro benzene ring substituents is 1. The second kappa shape index (κ2) is 7.16. The largest absolute Gasteiger partial charge is 0.457 e. The molecule has 26 heavy (non-hydrogen) atoms. The lowest BCUT2D eigenvalue weighted by atomic mass is 10.1. The van der Waals surface area contributed by atoms with E-state index in [1.54, 1.807) is 42.5 Å². The summed E-state index contributed by atoms with van der Waals surface area (Å²) in [7, 11) is 0. The normalized spacial score (nSPS) is 10.8. The number of benzene rings is 2. The van der Waals surface area contributed by atoms with Gasteiger partial charge in [0.2, 0.25) is 0 Å². The highest BCUT2D eigenvalue weighted by atomic mass is 16.6.